The number of methoxy groups -OCH3 is 2. The van der Waals surface area contributed by atoms with Crippen molar-refractivity contribution in [3.05, 3.63) is 53.6 Å². The monoisotopic (exact) mass is 531 g/mol. The first-order chi connectivity index (χ1) is 17.5. The standard InChI is InChI=1S/C27H37N3O6S/c1-19-10-6-7-11-21(19)17-29(20(2)27(32)28-22-12-8-9-13-22)26(31)18-30(37(5,33)34)23-14-15-24(35-3)25(16-23)36-4/h6-7,10-11,14-16,20,22H,8-9,12-13,17-18H2,1-5H3,(H,28,32). The number of sulfonamides is 1. The lowest BCUT2D eigenvalue weighted by Gasteiger charge is -2.32. The second-order valence-corrected chi connectivity index (χ2v) is 11.3. The van der Waals surface area contributed by atoms with Gasteiger partial charge in [-0.2, -0.15) is 0 Å². The Labute approximate surface area is 219 Å². The summed E-state index contributed by atoms with van der Waals surface area (Å²) < 4.78 is 37.2. The van der Waals surface area contributed by atoms with Crippen LogP contribution in [0.2, 0.25) is 0 Å². The quantitative estimate of drug-likeness (QED) is 0.477. The first-order valence-electron chi connectivity index (χ1n) is 12.4. The molecule has 9 nitrogen and oxygen atoms in total. The molecular formula is C27H37N3O6S. The zero-order chi connectivity index (χ0) is 27.2. The van der Waals surface area contributed by atoms with E-state index in [2.05, 4.69) is 5.32 Å². The fourth-order valence-electron chi connectivity index (χ4n) is 4.54. The highest BCUT2D eigenvalue weighted by atomic mass is 32.2. The number of nitrogens with zero attached hydrogens (tertiary/aromatic N) is 2. The molecule has 0 bridgehead atoms. The van der Waals surface area contributed by atoms with Crippen LogP contribution in [0.15, 0.2) is 42.5 Å². The van der Waals surface area contributed by atoms with Gasteiger partial charge in [0.25, 0.3) is 0 Å². The van der Waals surface area contributed by atoms with Gasteiger partial charge in [0.1, 0.15) is 12.6 Å². The van der Waals surface area contributed by atoms with Gasteiger partial charge in [0.15, 0.2) is 11.5 Å². The third-order valence-electron chi connectivity index (χ3n) is 6.81. The molecule has 2 aromatic rings. The van der Waals surface area contributed by atoms with Gasteiger partial charge in [0, 0.05) is 18.7 Å². The lowest BCUT2D eigenvalue weighted by molar-refractivity contribution is -0.139. The number of carbonyl (C=O) groups is 2. The molecule has 0 heterocycles. The molecule has 0 spiro atoms. The summed E-state index contributed by atoms with van der Waals surface area (Å²) in [5.74, 6) is 0.0370. The van der Waals surface area contributed by atoms with E-state index in [1.54, 1.807) is 19.1 Å². The molecule has 1 fully saturated rings. The molecule has 0 aliphatic heterocycles. The molecule has 2 amide bonds. The fourth-order valence-corrected chi connectivity index (χ4v) is 5.38. The number of hydrogen-bond donors (Lipinski definition) is 1. The number of hydrogen-bond acceptors (Lipinski definition) is 6. The fraction of sp³-hybridized carbons (Fsp3) is 0.481. The highest BCUT2D eigenvalue weighted by Gasteiger charge is 2.31. The number of anilines is 1. The Balaban J connectivity index is 1.92. The van der Waals surface area contributed by atoms with Crippen molar-refractivity contribution < 1.29 is 27.5 Å². The molecule has 3 rings (SSSR count). The number of rotatable bonds is 11. The molecule has 1 atom stereocenters. The zero-order valence-corrected chi connectivity index (χ0v) is 23.0. The molecule has 0 saturated heterocycles. The zero-order valence-electron chi connectivity index (χ0n) is 22.2. The maximum absolute atomic E-state index is 13.7. The summed E-state index contributed by atoms with van der Waals surface area (Å²) in [6, 6.07) is 11.6. The maximum atomic E-state index is 13.7. The van der Waals surface area contributed by atoms with Gasteiger partial charge in [-0.25, -0.2) is 8.42 Å². The Morgan fingerprint density at radius 1 is 1.05 bits per heavy atom. The minimum absolute atomic E-state index is 0.102. The number of aryl methyl sites for hydroxylation is 1. The largest absolute Gasteiger partial charge is 0.493 e. The van der Waals surface area contributed by atoms with Crippen LogP contribution < -0.4 is 19.1 Å². The lowest BCUT2D eigenvalue weighted by atomic mass is 10.1. The Kier molecular flexibility index (Phi) is 9.42. The molecule has 202 valence electrons. The molecular weight excluding hydrogens is 494 g/mol. The van der Waals surface area contributed by atoms with Crippen molar-refractivity contribution in [2.45, 2.75) is 58.2 Å². The van der Waals surface area contributed by atoms with Gasteiger partial charge >= 0.3 is 0 Å². The topological polar surface area (TPSA) is 105 Å². The van der Waals surface area contributed by atoms with E-state index >= 15 is 0 Å². The van der Waals surface area contributed by atoms with E-state index in [4.69, 9.17) is 9.47 Å². The molecule has 0 radical (unpaired) electrons. The minimum Gasteiger partial charge on any atom is -0.493 e. The second-order valence-electron chi connectivity index (χ2n) is 9.42. The smallest absolute Gasteiger partial charge is 0.244 e. The first-order valence-corrected chi connectivity index (χ1v) is 14.2. The average Bonchev–Trinajstić information content (AvgIpc) is 3.38. The maximum Gasteiger partial charge on any atom is 0.244 e. The number of benzene rings is 2. The van der Waals surface area contributed by atoms with Crippen molar-refractivity contribution in [2.75, 3.05) is 31.3 Å². The SMILES string of the molecule is COc1ccc(N(CC(=O)N(Cc2ccccc2C)C(C)C(=O)NC2CCCC2)S(C)(=O)=O)cc1OC. The summed E-state index contributed by atoms with van der Waals surface area (Å²) in [5, 5.41) is 3.06. The van der Waals surface area contributed by atoms with Gasteiger partial charge in [-0.15, -0.1) is 0 Å². The first kappa shape index (κ1) is 28.3. The number of carbonyl (C=O) groups excluding carboxylic acids is 2. The molecule has 1 unspecified atom stereocenters. The molecule has 1 saturated carbocycles. The van der Waals surface area contributed by atoms with Crippen LogP contribution in [-0.2, 0) is 26.2 Å². The summed E-state index contributed by atoms with van der Waals surface area (Å²) in [6.45, 7) is 3.32. The Morgan fingerprint density at radius 2 is 1.70 bits per heavy atom. The van der Waals surface area contributed by atoms with Crippen molar-refractivity contribution in [3.8, 4) is 11.5 Å². The average molecular weight is 532 g/mol. The second kappa shape index (κ2) is 12.3. The molecule has 1 aliphatic carbocycles. The van der Waals surface area contributed by atoms with E-state index in [0.717, 1.165) is 47.4 Å². The van der Waals surface area contributed by atoms with Crippen LogP contribution in [0.3, 0.4) is 0 Å². The van der Waals surface area contributed by atoms with Crippen LogP contribution in [0, 0.1) is 6.92 Å². The van der Waals surface area contributed by atoms with Crippen LogP contribution in [0.5, 0.6) is 11.5 Å². The van der Waals surface area contributed by atoms with Crippen molar-refractivity contribution in [1.82, 2.24) is 10.2 Å². The van der Waals surface area contributed by atoms with Gasteiger partial charge in [-0.3, -0.25) is 13.9 Å². The summed E-state index contributed by atoms with van der Waals surface area (Å²) in [4.78, 5) is 28.3. The molecule has 1 aliphatic rings. The Bertz CT molecular complexity index is 1210. The Morgan fingerprint density at radius 3 is 2.30 bits per heavy atom. The lowest BCUT2D eigenvalue weighted by Crippen LogP contribution is -2.52. The van der Waals surface area contributed by atoms with Gasteiger partial charge in [-0.1, -0.05) is 37.1 Å². The summed E-state index contributed by atoms with van der Waals surface area (Å²) in [6.07, 6.45) is 5.02. The normalized spacial score (nSPS) is 14.6. The molecule has 1 N–H and O–H groups in total. The highest BCUT2D eigenvalue weighted by molar-refractivity contribution is 7.92. The molecule has 0 aromatic heterocycles. The van der Waals surface area contributed by atoms with E-state index in [-0.39, 0.29) is 24.2 Å². The third kappa shape index (κ3) is 7.15. The van der Waals surface area contributed by atoms with E-state index in [1.165, 1.54) is 25.2 Å². The number of nitrogens with one attached hydrogen (secondary N) is 1. The van der Waals surface area contributed by atoms with E-state index < -0.39 is 28.5 Å². The van der Waals surface area contributed by atoms with Crippen LogP contribution in [-0.4, -0.2) is 64.2 Å². The third-order valence-corrected chi connectivity index (χ3v) is 7.95. The van der Waals surface area contributed by atoms with E-state index in [0.29, 0.717) is 11.5 Å². The molecule has 10 heteroatoms. The summed E-state index contributed by atoms with van der Waals surface area (Å²) in [7, 11) is -0.914. The number of amides is 2. The molecule has 37 heavy (non-hydrogen) atoms. The van der Waals surface area contributed by atoms with E-state index in [9.17, 15) is 18.0 Å². The predicted octanol–water partition coefficient (Wildman–Crippen LogP) is 3.25. The molecule has 2 aromatic carbocycles. The van der Waals surface area contributed by atoms with Crippen molar-refractivity contribution in [2.24, 2.45) is 0 Å². The van der Waals surface area contributed by atoms with Crippen LogP contribution in [0.25, 0.3) is 0 Å². The summed E-state index contributed by atoms with van der Waals surface area (Å²) in [5.41, 5.74) is 2.12. The van der Waals surface area contributed by atoms with Gasteiger partial charge in [0.2, 0.25) is 21.8 Å². The van der Waals surface area contributed by atoms with Gasteiger partial charge < -0.3 is 19.7 Å². The predicted molar refractivity (Wildman–Crippen MR) is 143 cm³/mol. The van der Waals surface area contributed by atoms with Crippen molar-refractivity contribution in [1.29, 1.82) is 0 Å². The van der Waals surface area contributed by atoms with Gasteiger partial charge in [0.05, 0.1) is 26.2 Å². The van der Waals surface area contributed by atoms with Crippen LogP contribution >= 0.6 is 0 Å². The van der Waals surface area contributed by atoms with Crippen LogP contribution in [0.1, 0.15) is 43.7 Å². The minimum atomic E-state index is -3.85. The van der Waals surface area contributed by atoms with E-state index in [1.807, 2.05) is 31.2 Å². The number of ether oxygens (including phenoxy) is 2. The summed E-state index contributed by atoms with van der Waals surface area (Å²) >= 11 is 0. The van der Waals surface area contributed by atoms with Crippen molar-refractivity contribution in [3.63, 3.8) is 0 Å². The Hall–Kier alpha value is -3.27. The highest BCUT2D eigenvalue weighted by Crippen LogP contribution is 2.32. The van der Waals surface area contributed by atoms with Gasteiger partial charge in [-0.05, 0) is 49.9 Å². The van der Waals surface area contributed by atoms with Crippen molar-refractivity contribution >= 4 is 27.5 Å². The van der Waals surface area contributed by atoms with Crippen LogP contribution in [0.4, 0.5) is 5.69 Å².